The Kier molecular flexibility index (Phi) is 5.93. The first-order valence-corrected chi connectivity index (χ1v) is 6.15. The second-order valence-electron chi connectivity index (χ2n) is 3.13. The fraction of sp³-hybridized carbons (Fsp3) is 0.417. The van der Waals surface area contributed by atoms with Crippen molar-refractivity contribution in [3.05, 3.63) is 30.3 Å². The number of hydrogen-bond acceptors (Lipinski definition) is 3. The van der Waals surface area contributed by atoms with Crippen LogP contribution in [0.2, 0.25) is 0 Å². The number of benzene rings is 1. The molecule has 1 rings (SSSR count). The molecule has 82 valence electrons. The van der Waals surface area contributed by atoms with Gasteiger partial charge in [-0.15, -0.1) is 11.8 Å². The zero-order valence-electron chi connectivity index (χ0n) is 8.94. The van der Waals surface area contributed by atoms with E-state index in [1.54, 1.807) is 11.8 Å². The normalized spacial score (nSPS) is 9.93. The van der Waals surface area contributed by atoms with Crippen LogP contribution >= 0.6 is 11.8 Å². The summed E-state index contributed by atoms with van der Waals surface area (Å²) >= 11 is 1.68. The highest BCUT2D eigenvalue weighted by Crippen LogP contribution is 2.17. The fourth-order valence-electron chi connectivity index (χ4n) is 1.06. The summed E-state index contributed by atoms with van der Waals surface area (Å²) in [7, 11) is 0. The first kappa shape index (κ1) is 12.1. The van der Waals surface area contributed by atoms with Gasteiger partial charge in [-0.1, -0.05) is 25.1 Å². The molecule has 0 heterocycles. The van der Waals surface area contributed by atoms with Crippen molar-refractivity contribution in [2.24, 2.45) is 0 Å². The number of esters is 1. The van der Waals surface area contributed by atoms with E-state index in [0.29, 0.717) is 13.0 Å². The van der Waals surface area contributed by atoms with Crippen LogP contribution in [-0.2, 0) is 9.53 Å². The molecule has 0 amide bonds. The molecule has 15 heavy (non-hydrogen) atoms. The van der Waals surface area contributed by atoms with Crippen molar-refractivity contribution in [2.75, 3.05) is 12.4 Å². The molecule has 3 heteroatoms. The maximum atomic E-state index is 11.2. The van der Waals surface area contributed by atoms with Gasteiger partial charge in [0.25, 0.3) is 0 Å². The van der Waals surface area contributed by atoms with Crippen LogP contribution in [0.3, 0.4) is 0 Å². The highest BCUT2D eigenvalue weighted by Gasteiger charge is 2.02. The predicted octanol–water partition coefficient (Wildman–Crippen LogP) is 3.12. The van der Waals surface area contributed by atoms with Crippen LogP contribution in [0.1, 0.15) is 19.8 Å². The summed E-state index contributed by atoms with van der Waals surface area (Å²) < 4.78 is 4.98. The van der Waals surface area contributed by atoms with E-state index in [1.165, 1.54) is 4.90 Å². The van der Waals surface area contributed by atoms with Gasteiger partial charge in [-0.25, -0.2) is 0 Å². The quantitative estimate of drug-likeness (QED) is 0.548. The van der Waals surface area contributed by atoms with Gasteiger partial charge < -0.3 is 4.74 Å². The van der Waals surface area contributed by atoms with Gasteiger partial charge in [0.05, 0.1) is 13.0 Å². The lowest BCUT2D eigenvalue weighted by Gasteiger charge is -2.02. The van der Waals surface area contributed by atoms with Crippen LogP contribution in [0.5, 0.6) is 0 Å². The van der Waals surface area contributed by atoms with Crippen LogP contribution in [0, 0.1) is 0 Å². The Bertz CT molecular complexity index is 285. The molecule has 1 aromatic carbocycles. The van der Waals surface area contributed by atoms with Gasteiger partial charge in [-0.2, -0.15) is 0 Å². The van der Waals surface area contributed by atoms with E-state index < -0.39 is 0 Å². The lowest BCUT2D eigenvalue weighted by molar-refractivity contribution is -0.143. The summed E-state index contributed by atoms with van der Waals surface area (Å²) in [5.41, 5.74) is 0. The molecule has 0 radical (unpaired) electrons. The smallest absolute Gasteiger partial charge is 0.306 e. The van der Waals surface area contributed by atoms with E-state index in [9.17, 15) is 4.79 Å². The van der Waals surface area contributed by atoms with Crippen molar-refractivity contribution in [1.29, 1.82) is 0 Å². The maximum absolute atomic E-state index is 11.2. The zero-order chi connectivity index (χ0) is 10.9. The molecular weight excluding hydrogens is 208 g/mol. The third kappa shape index (κ3) is 5.47. The Balaban J connectivity index is 2.14. The minimum Gasteiger partial charge on any atom is -0.466 e. The summed E-state index contributed by atoms with van der Waals surface area (Å²) in [6.07, 6.45) is 1.37. The Morgan fingerprint density at radius 3 is 2.73 bits per heavy atom. The van der Waals surface area contributed by atoms with E-state index in [4.69, 9.17) is 4.74 Å². The molecule has 1 aromatic rings. The Hall–Kier alpha value is -0.960. The second kappa shape index (κ2) is 7.35. The van der Waals surface area contributed by atoms with Crippen molar-refractivity contribution in [2.45, 2.75) is 24.7 Å². The van der Waals surface area contributed by atoms with Gasteiger partial charge in [0.15, 0.2) is 0 Å². The molecular formula is C12H16O2S. The highest BCUT2D eigenvalue weighted by molar-refractivity contribution is 7.99. The first-order valence-electron chi connectivity index (χ1n) is 5.16. The number of ether oxygens (including phenoxy) is 1. The fourth-order valence-corrected chi connectivity index (χ4v) is 1.91. The van der Waals surface area contributed by atoms with Gasteiger partial charge in [0, 0.05) is 10.6 Å². The number of rotatable bonds is 6. The second-order valence-corrected chi connectivity index (χ2v) is 4.30. The summed E-state index contributed by atoms with van der Waals surface area (Å²) in [5, 5.41) is 0. The van der Waals surface area contributed by atoms with Crippen LogP contribution in [0.4, 0.5) is 0 Å². The third-order valence-corrected chi connectivity index (χ3v) is 2.80. The molecule has 0 bridgehead atoms. The molecule has 0 saturated carbocycles. The van der Waals surface area contributed by atoms with Crippen LogP contribution in [0.15, 0.2) is 35.2 Å². The molecule has 0 aliphatic rings. The lowest BCUT2D eigenvalue weighted by atomic mass is 10.4. The van der Waals surface area contributed by atoms with Crippen LogP contribution < -0.4 is 0 Å². The topological polar surface area (TPSA) is 26.3 Å². The minimum atomic E-state index is -0.0970. The molecule has 0 N–H and O–H groups in total. The van der Waals surface area contributed by atoms with E-state index in [0.717, 1.165) is 12.2 Å². The molecule has 2 nitrogen and oxygen atoms in total. The lowest BCUT2D eigenvalue weighted by Crippen LogP contribution is -2.05. The van der Waals surface area contributed by atoms with E-state index >= 15 is 0 Å². The largest absolute Gasteiger partial charge is 0.466 e. The minimum absolute atomic E-state index is 0.0970. The van der Waals surface area contributed by atoms with Crippen molar-refractivity contribution < 1.29 is 9.53 Å². The Morgan fingerprint density at radius 2 is 2.07 bits per heavy atom. The molecule has 0 aromatic heterocycles. The number of carbonyl (C=O) groups excluding carboxylic acids is 1. The van der Waals surface area contributed by atoms with Gasteiger partial charge in [0.1, 0.15) is 0 Å². The predicted molar refractivity (Wildman–Crippen MR) is 63.0 cm³/mol. The first-order chi connectivity index (χ1) is 7.33. The zero-order valence-corrected chi connectivity index (χ0v) is 9.76. The molecule has 0 unspecified atom stereocenters. The molecule has 0 saturated heterocycles. The third-order valence-electron chi connectivity index (χ3n) is 1.79. The van der Waals surface area contributed by atoms with Crippen molar-refractivity contribution in [3.8, 4) is 0 Å². The SMILES string of the molecule is CCCOC(=O)CCSc1ccccc1. The summed E-state index contributed by atoms with van der Waals surface area (Å²) in [6, 6.07) is 10.1. The van der Waals surface area contributed by atoms with Gasteiger partial charge in [0.2, 0.25) is 0 Å². The van der Waals surface area contributed by atoms with Crippen LogP contribution in [-0.4, -0.2) is 18.3 Å². The Labute approximate surface area is 95.0 Å². The molecule has 0 aliphatic heterocycles. The van der Waals surface area contributed by atoms with Crippen molar-refractivity contribution >= 4 is 17.7 Å². The standard InChI is InChI=1S/C12H16O2S/c1-2-9-14-12(13)8-10-15-11-6-4-3-5-7-11/h3-7H,2,8-10H2,1H3. The van der Waals surface area contributed by atoms with Crippen molar-refractivity contribution in [3.63, 3.8) is 0 Å². The van der Waals surface area contributed by atoms with Gasteiger partial charge >= 0.3 is 5.97 Å². The Morgan fingerprint density at radius 1 is 1.33 bits per heavy atom. The van der Waals surface area contributed by atoms with Crippen molar-refractivity contribution in [1.82, 2.24) is 0 Å². The molecule has 0 spiro atoms. The van der Waals surface area contributed by atoms with Gasteiger partial charge in [-0.05, 0) is 18.6 Å². The maximum Gasteiger partial charge on any atom is 0.306 e. The highest BCUT2D eigenvalue weighted by atomic mass is 32.2. The molecule has 0 atom stereocenters. The van der Waals surface area contributed by atoms with E-state index in [-0.39, 0.29) is 5.97 Å². The molecule has 0 aliphatic carbocycles. The van der Waals surface area contributed by atoms with E-state index in [2.05, 4.69) is 0 Å². The summed E-state index contributed by atoms with van der Waals surface area (Å²) in [5.74, 6) is 0.687. The monoisotopic (exact) mass is 224 g/mol. The average Bonchev–Trinajstić information content (AvgIpc) is 2.28. The molecule has 0 fully saturated rings. The van der Waals surface area contributed by atoms with Gasteiger partial charge in [-0.3, -0.25) is 4.79 Å². The van der Waals surface area contributed by atoms with Crippen LogP contribution in [0.25, 0.3) is 0 Å². The summed E-state index contributed by atoms with van der Waals surface area (Å²) in [4.78, 5) is 12.4. The summed E-state index contributed by atoms with van der Waals surface area (Å²) in [6.45, 7) is 2.53. The average molecular weight is 224 g/mol. The number of carbonyl (C=O) groups is 1. The number of thioether (sulfide) groups is 1. The van der Waals surface area contributed by atoms with E-state index in [1.807, 2.05) is 37.3 Å². The number of hydrogen-bond donors (Lipinski definition) is 0.